The molecule has 3 rings (SSSR count). The van der Waals surface area contributed by atoms with E-state index in [9.17, 15) is 20.0 Å². The number of unbranched alkanes of at least 4 members (excludes halogenated alkanes) is 1. The van der Waals surface area contributed by atoms with Gasteiger partial charge >= 0.3 is 5.97 Å². The Bertz CT molecular complexity index is 882. The molecule has 2 aromatic rings. The van der Waals surface area contributed by atoms with Crippen LogP contribution in [0.1, 0.15) is 28.8 Å². The Hall–Kier alpha value is -2.64. The van der Waals surface area contributed by atoms with Gasteiger partial charge in [-0.25, -0.2) is 4.79 Å². The van der Waals surface area contributed by atoms with Crippen molar-refractivity contribution in [1.82, 2.24) is 4.90 Å². The lowest BCUT2D eigenvalue weighted by atomic mass is 10.0. The molecule has 0 aliphatic carbocycles. The number of carbonyl (C=O) groups is 1. The lowest BCUT2D eigenvalue weighted by Crippen LogP contribution is -2.46. The molecule has 2 aromatic carbocycles. The number of rotatable bonds is 8. The summed E-state index contributed by atoms with van der Waals surface area (Å²) in [4.78, 5) is 26.4. The number of hydrogen-bond acceptors (Lipinski definition) is 5. The Morgan fingerprint density at radius 2 is 1.83 bits per heavy atom. The molecule has 0 aromatic heterocycles. The first-order chi connectivity index (χ1) is 14.0. The minimum Gasteiger partial charge on any atom is -0.478 e. The van der Waals surface area contributed by atoms with Crippen molar-refractivity contribution in [3.05, 3.63) is 68.7 Å². The lowest BCUT2D eigenvalue weighted by molar-refractivity contribution is -0.384. The minimum atomic E-state index is -0.876. The summed E-state index contributed by atoms with van der Waals surface area (Å²) in [5, 5.41) is 20.5. The summed E-state index contributed by atoms with van der Waals surface area (Å²) in [5.74, 6) is -0.876. The second kappa shape index (κ2) is 9.71. The molecule has 1 saturated heterocycles. The van der Waals surface area contributed by atoms with Gasteiger partial charge in [-0.3, -0.25) is 15.0 Å². The van der Waals surface area contributed by atoms with Crippen molar-refractivity contribution in [3.8, 4) is 0 Å². The Balaban J connectivity index is 1.44. The summed E-state index contributed by atoms with van der Waals surface area (Å²) in [5.41, 5.74) is 2.03. The van der Waals surface area contributed by atoms with E-state index in [0.717, 1.165) is 63.2 Å². The summed E-state index contributed by atoms with van der Waals surface area (Å²) in [6.45, 7) is 4.36. The zero-order chi connectivity index (χ0) is 20.8. The van der Waals surface area contributed by atoms with E-state index >= 15 is 0 Å². The SMILES string of the molecule is O=C(O)c1ccccc1CCCCN1CCN(c2ccc(Cl)c([N+](=O)[O-])c2)CC1. The second-order valence-corrected chi connectivity index (χ2v) is 7.55. The molecule has 7 nitrogen and oxygen atoms in total. The molecule has 8 heteroatoms. The highest BCUT2D eigenvalue weighted by atomic mass is 35.5. The van der Waals surface area contributed by atoms with Gasteiger partial charge in [0.15, 0.2) is 0 Å². The highest BCUT2D eigenvalue weighted by molar-refractivity contribution is 6.32. The molecule has 0 radical (unpaired) electrons. The average molecular weight is 418 g/mol. The molecule has 154 valence electrons. The van der Waals surface area contributed by atoms with Crippen LogP contribution in [-0.4, -0.2) is 53.6 Å². The van der Waals surface area contributed by atoms with E-state index in [1.54, 1.807) is 18.2 Å². The van der Waals surface area contributed by atoms with Crippen molar-refractivity contribution >= 4 is 28.9 Å². The van der Waals surface area contributed by atoms with Crippen LogP contribution in [0.2, 0.25) is 5.02 Å². The van der Waals surface area contributed by atoms with Gasteiger partial charge in [-0.15, -0.1) is 0 Å². The minimum absolute atomic E-state index is 0.0618. The van der Waals surface area contributed by atoms with E-state index in [4.69, 9.17) is 11.6 Å². The molecule has 0 unspecified atom stereocenters. The zero-order valence-electron chi connectivity index (χ0n) is 16.1. The molecule has 0 spiro atoms. The second-order valence-electron chi connectivity index (χ2n) is 7.14. The Kier molecular flexibility index (Phi) is 7.06. The van der Waals surface area contributed by atoms with E-state index in [2.05, 4.69) is 9.80 Å². The van der Waals surface area contributed by atoms with Crippen LogP contribution in [-0.2, 0) is 6.42 Å². The Morgan fingerprint density at radius 1 is 1.10 bits per heavy atom. The third-order valence-corrected chi connectivity index (χ3v) is 5.60. The number of nitro benzene ring substituents is 1. The standard InChI is InChI=1S/C21H24ClN3O4/c22-19-9-8-17(15-20(19)25(28)29)24-13-11-23(12-14-24)10-4-3-6-16-5-1-2-7-18(16)21(26)27/h1-2,5,7-9,15H,3-4,6,10-14H2,(H,26,27). The quantitative estimate of drug-likeness (QED) is 0.395. The highest BCUT2D eigenvalue weighted by Gasteiger charge is 2.20. The monoisotopic (exact) mass is 417 g/mol. The Labute approximate surface area is 174 Å². The van der Waals surface area contributed by atoms with Crippen molar-refractivity contribution in [2.75, 3.05) is 37.6 Å². The topological polar surface area (TPSA) is 86.9 Å². The number of anilines is 1. The van der Waals surface area contributed by atoms with Crippen molar-refractivity contribution < 1.29 is 14.8 Å². The number of carboxylic acid groups (broad SMARTS) is 1. The third kappa shape index (κ3) is 5.46. The molecule has 0 amide bonds. The van der Waals surface area contributed by atoms with Gasteiger partial charge in [-0.1, -0.05) is 29.8 Å². The number of aromatic carboxylic acids is 1. The van der Waals surface area contributed by atoms with Crippen LogP contribution in [0.4, 0.5) is 11.4 Å². The van der Waals surface area contributed by atoms with E-state index in [0.29, 0.717) is 5.56 Å². The normalized spacial score (nSPS) is 14.7. The molecule has 1 aliphatic heterocycles. The van der Waals surface area contributed by atoms with Gasteiger partial charge in [0.25, 0.3) is 5.69 Å². The van der Waals surface area contributed by atoms with Crippen LogP contribution in [0, 0.1) is 10.1 Å². The zero-order valence-corrected chi connectivity index (χ0v) is 16.8. The predicted octanol–water partition coefficient (Wildman–Crippen LogP) is 4.09. The Morgan fingerprint density at radius 3 is 2.52 bits per heavy atom. The molecule has 1 heterocycles. The van der Waals surface area contributed by atoms with Crippen molar-refractivity contribution in [1.29, 1.82) is 0 Å². The molecule has 0 bridgehead atoms. The molecule has 0 saturated carbocycles. The van der Waals surface area contributed by atoms with Crippen LogP contribution >= 0.6 is 11.6 Å². The van der Waals surface area contributed by atoms with E-state index in [1.165, 1.54) is 6.07 Å². The molecule has 1 aliphatic rings. The molecule has 1 N–H and O–H groups in total. The molecule has 29 heavy (non-hydrogen) atoms. The van der Waals surface area contributed by atoms with Crippen molar-refractivity contribution in [2.24, 2.45) is 0 Å². The van der Waals surface area contributed by atoms with E-state index in [-0.39, 0.29) is 10.7 Å². The van der Waals surface area contributed by atoms with Gasteiger partial charge in [0.1, 0.15) is 5.02 Å². The van der Waals surface area contributed by atoms with Crippen LogP contribution < -0.4 is 4.90 Å². The summed E-state index contributed by atoms with van der Waals surface area (Å²) in [7, 11) is 0. The fraction of sp³-hybridized carbons (Fsp3) is 0.381. The molecule has 1 fully saturated rings. The largest absolute Gasteiger partial charge is 0.478 e. The number of benzene rings is 2. The van der Waals surface area contributed by atoms with E-state index < -0.39 is 10.9 Å². The molecule has 0 atom stereocenters. The maximum absolute atomic E-state index is 11.3. The smallest absolute Gasteiger partial charge is 0.335 e. The first-order valence-corrected chi connectivity index (χ1v) is 10.1. The number of aryl methyl sites for hydroxylation is 1. The first-order valence-electron chi connectivity index (χ1n) is 9.68. The van der Waals surface area contributed by atoms with Gasteiger partial charge in [-0.05, 0) is 49.6 Å². The maximum Gasteiger partial charge on any atom is 0.335 e. The highest BCUT2D eigenvalue weighted by Crippen LogP contribution is 2.29. The number of hydrogen-bond donors (Lipinski definition) is 1. The maximum atomic E-state index is 11.3. The summed E-state index contributed by atoms with van der Waals surface area (Å²) in [6.07, 6.45) is 2.70. The number of nitro groups is 1. The number of piperazine rings is 1. The van der Waals surface area contributed by atoms with Crippen LogP contribution in [0.25, 0.3) is 0 Å². The average Bonchev–Trinajstić information content (AvgIpc) is 2.72. The molecular weight excluding hydrogens is 394 g/mol. The number of carboxylic acids is 1. The lowest BCUT2D eigenvalue weighted by Gasteiger charge is -2.36. The fourth-order valence-electron chi connectivity index (χ4n) is 3.67. The first kappa shape index (κ1) is 21.1. The summed E-state index contributed by atoms with van der Waals surface area (Å²) in [6, 6.07) is 12.1. The van der Waals surface area contributed by atoms with E-state index in [1.807, 2.05) is 18.2 Å². The van der Waals surface area contributed by atoms with Gasteiger partial charge in [-0.2, -0.15) is 0 Å². The number of nitrogens with zero attached hydrogens (tertiary/aromatic N) is 3. The summed E-state index contributed by atoms with van der Waals surface area (Å²) < 4.78 is 0. The van der Waals surface area contributed by atoms with Crippen molar-refractivity contribution in [2.45, 2.75) is 19.3 Å². The van der Waals surface area contributed by atoms with Gasteiger partial charge in [0.05, 0.1) is 10.5 Å². The van der Waals surface area contributed by atoms with Gasteiger partial charge in [0.2, 0.25) is 0 Å². The third-order valence-electron chi connectivity index (χ3n) is 5.28. The fourth-order valence-corrected chi connectivity index (χ4v) is 3.85. The predicted molar refractivity (Wildman–Crippen MR) is 113 cm³/mol. The van der Waals surface area contributed by atoms with Crippen LogP contribution in [0.15, 0.2) is 42.5 Å². The molecular formula is C21H24ClN3O4. The van der Waals surface area contributed by atoms with Crippen LogP contribution in [0.3, 0.4) is 0 Å². The summed E-state index contributed by atoms with van der Waals surface area (Å²) >= 11 is 5.89. The number of halogens is 1. The van der Waals surface area contributed by atoms with Gasteiger partial charge < -0.3 is 10.0 Å². The van der Waals surface area contributed by atoms with Crippen LogP contribution in [0.5, 0.6) is 0 Å². The van der Waals surface area contributed by atoms with Crippen molar-refractivity contribution in [3.63, 3.8) is 0 Å². The van der Waals surface area contributed by atoms with Gasteiger partial charge in [0, 0.05) is 37.9 Å².